The van der Waals surface area contributed by atoms with Crippen LogP contribution in [0.3, 0.4) is 0 Å². The number of Topliss-reactive ketones (excluding diaryl/α,β-unsaturated/α-hetero) is 1. The molecule has 0 aliphatic carbocycles. The van der Waals surface area contributed by atoms with Gasteiger partial charge in [0.2, 0.25) is 0 Å². The van der Waals surface area contributed by atoms with Crippen LogP contribution in [0.2, 0.25) is 0 Å². The predicted octanol–water partition coefficient (Wildman–Crippen LogP) is 2.44. The van der Waals surface area contributed by atoms with Crippen LogP contribution in [-0.4, -0.2) is 23.8 Å². The number of hydrogen-bond acceptors (Lipinski definition) is 3. The lowest BCUT2D eigenvalue weighted by molar-refractivity contribution is -0.140. The Bertz CT molecular complexity index is 603. The van der Waals surface area contributed by atoms with Crippen molar-refractivity contribution in [3.05, 3.63) is 35.8 Å². The molecule has 94 valence electrons. The number of aromatic nitrogens is 1. The molecule has 0 saturated carbocycles. The number of esters is 1. The van der Waals surface area contributed by atoms with Crippen LogP contribution in [0.4, 0.5) is 4.39 Å². The first kappa shape index (κ1) is 12.3. The van der Waals surface area contributed by atoms with Gasteiger partial charge in [0.1, 0.15) is 5.82 Å². The molecule has 0 aliphatic rings. The lowest BCUT2D eigenvalue weighted by atomic mass is 10.1. The van der Waals surface area contributed by atoms with E-state index >= 15 is 0 Å². The van der Waals surface area contributed by atoms with Crippen molar-refractivity contribution in [3.8, 4) is 0 Å². The number of benzene rings is 1. The highest BCUT2D eigenvalue weighted by atomic mass is 19.1. The van der Waals surface area contributed by atoms with E-state index in [1.165, 1.54) is 25.4 Å². The molecule has 1 aromatic carbocycles. The predicted molar refractivity (Wildman–Crippen MR) is 63.8 cm³/mol. The third-order valence-corrected chi connectivity index (χ3v) is 2.73. The van der Waals surface area contributed by atoms with Gasteiger partial charge in [-0.2, -0.15) is 0 Å². The van der Waals surface area contributed by atoms with Crippen molar-refractivity contribution in [3.63, 3.8) is 0 Å². The summed E-state index contributed by atoms with van der Waals surface area (Å²) in [6.07, 6.45) is 1.61. The van der Waals surface area contributed by atoms with Crippen LogP contribution < -0.4 is 0 Å². The molecule has 0 fully saturated rings. The van der Waals surface area contributed by atoms with Crippen LogP contribution in [0.5, 0.6) is 0 Å². The second kappa shape index (κ2) is 5.00. The summed E-state index contributed by atoms with van der Waals surface area (Å²) in [5.41, 5.74) is 1.09. The molecule has 18 heavy (non-hydrogen) atoms. The Morgan fingerprint density at radius 3 is 2.83 bits per heavy atom. The Balaban J connectivity index is 2.22. The summed E-state index contributed by atoms with van der Waals surface area (Å²) in [6.45, 7) is 0. The highest BCUT2D eigenvalue weighted by Crippen LogP contribution is 2.21. The number of ketones is 1. The second-order valence-corrected chi connectivity index (χ2v) is 3.89. The quantitative estimate of drug-likeness (QED) is 0.668. The minimum absolute atomic E-state index is 0.0251. The summed E-state index contributed by atoms with van der Waals surface area (Å²) >= 11 is 0. The molecule has 0 aliphatic heterocycles. The maximum Gasteiger partial charge on any atom is 0.305 e. The molecular formula is C13H12FNO3. The van der Waals surface area contributed by atoms with Gasteiger partial charge in [0.05, 0.1) is 13.5 Å². The zero-order valence-corrected chi connectivity index (χ0v) is 9.83. The molecule has 0 bridgehead atoms. The van der Waals surface area contributed by atoms with E-state index in [9.17, 15) is 14.0 Å². The lowest BCUT2D eigenvalue weighted by Gasteiger charge is -1.99. The van der Waals surface area contributed by atoms with Crippen LogP contribution >= 0.6 is 0 Å². The van der Waals surface area contributed by atoms with E-state index in [0.29, 0.717) is 16.5 Å². The summed E-state index contributed by atoms with van der Waals surface area (Å²) < 4.78 is 17.6. The fourth-order valence-corrected chi connectivity index (χ4v) is 1.78. The van der Waals surface area contributed by atoms with Gasteiger partial charge in [-0.15, -0.1) is 0 Å². The number of carbonyl (C=O) groups is 2. The van der Waals surface area contributed by atoms with Gasteiger partial charge in [0.15, 0.2) is 5.78 Å². The van der Waals surface area contributed by atoms with Gasteiger partial charge in [-0.1, -0.05) is 0 Å². The Hall–Kier alpha value is -2.17. The van der Waals surface area contributed by atoms with E-state index in [2.05, 4.69) is 9.72 Å². The van der Waals surface area contributed by atoms with Crippen LogP contribution in [0.1, 0.15) is 23.2 Å². The molecule has 0 atom stereocenters. The van der Waals surface area contributed by atoms with Crippen molar-refractivity contribution in [2.45, 2.75) is 12.8 Å². The van der Waals surface area contributed by atoms with Gasteiger partial charge in [-0.25, -0.2) is 4.39 Å². The molecule has 0 radical (unpaired) electrons. The summed E-state index contributed by atoms with van der Waals surface area (Å²) in [6, 6.07) is 4.19. The summed E-state index contributed by atoms with van der Waals surface area (Å²) in [5.74, 6) is -1.05. The smallest absolute Gasteiger partial charge is 0.305 e. The van der Waals surface area contributed by atoms with Gasteiger partial charge in [-0.05, 0) is 18.2 Å². The topological polar surface area (TPSA) is 59.2 Å². The molecule has 2 aromatic rings. The first-order valence-corrected chi connectivity index (χ1v) is 5.48. The first-order valence-electron chi connectivity index (χ1n) is 5.48. The van der Waals surface area contributed by atoms with Gasteiger partial charge < -0.3 is 9.72 Å². The number of carbonyl (C=O) groups excluding carboxylic acids is 2. The van der Waals surface area contributed by atoms with Crippen molar-refractivity contribution < 1.29 is 18.7 Å². The molecule has 0 amide bonds. The molecule has 4 nitrogen and oxygen atoms in total. The fourth-order valence-electron chi connectivity index (χ4n) is 1.78. The van der Waals surface area contributed by atoms with Crippen molar-refractivity contribution >= 4 is 22.7 Å². The maximum atomic E-state index is 13.1. The maximum absolute atomic E-state index is 13.1. The third-order valence-electron chi connectivity index (χ3n) is 2.73. The molecule has 2 rings (SSSR count). The van der Waals surface area contributed by atoms with E-state index in [4.69, 9.17) is 0 Å². The molecule has 1 N–H and O–H groups in total. The Kier molecular flexibility index (Phi) is 3.41. The number of nitrogens with one attached hydrogen (secondary N) is 1. The van der Waals surface area contributed by atoms with Gasteiger partial charge in [-0.3, -0.25) is 9.59 Å². The van der Waals surface area contributed by atoms with E-state index in [1.54, 1.807) is 6.07 Å². The zero-order chi connectivity index (χ0) is 13.1. The zero-order valence-electron chi connectivity index (χ0n) is 9.83. The van der Waals surface area contributed by atoms with Crippen molar-refractivity contribution in [1.29, 1.82) is 0 Å². The minimum atomic E-state index is -0.436. The van der Waals surface area contributed by atoms with Crippen molar-refractivity contribution in [1.82, 2.24) is 4.98 Å². The standard InChI is InChI=1S/C13H12FNO3/c1-18-13(17)5-4-12(16)10-7-15-11-3-2-8(14)6-9(10)11/h2-3,6-7,15H,4-5H2,1H3. The van der Waals surface area contributed by atoms with Crippen LogP contribution in [0.15, 0.2) is 24.4 Å². The monoisotopic (exact) mass is 249 g/mol. The number of hydrogen-bond donors (Lipinski definition) is 1. The molecule has 0 unspecified atom stereocenters. The van der Waals surface area contributed by atoms with Crippen LogP contribution in [0.25, 0.3) is 10.9 Å². The molecule has 1 heterocycles. The average molecular weight is 249 g/mol. The fraction of sp³-hybridized carbons (Fsp3) is 0.231. The normalized spacial score (nSPS) is 10.6. The van der Waals surface area contributed by atoms with E-state index in [0.717, 1.165) is 0 Å². The number of fused-ring (bicyclic) bond motifs is 1. The molecule has 5 heteroatoms. The van der Waals surface area contributed by atoms with Gasteiger partial charge in [0.25, 0.3) is 0 Å². The number of halogens is 1. The SMILES string of the molecule is COC(=O)CCC(=O)c1c[nH]c2ccc(F)cc12. The number of H-pyrrole nitrogens is 1. The van der Waals surface area contributed by atoms with Crippen molar-refractivity contribution in [2.75, 3.05) is 7.11 Å². The van der Waals surface area contributed by atoms with E-state index in [-0.39, 0.29) is 18.6 Å². The van der Waals surface area contributed by atoms with E-state index in [1.807, 2.05) is 0 Å². The Morgan fingerprint density at radius 1 is 1.33 bits per heavy atom. The molecule has 1 aromatic heterocycles. The largest absolute Gasteiger partial charge is 0.469 e. The first-order chi connectivity index (χ1) is 8.61. The third kappa shape index (κ3) is 2.40. The van der Waals surface area contributed by atoms with Crippen molar-refractivity contribution in [2.24, 2.45) is 0 Å². The highest BCUT2D eigenvalue weighted by molar-refractivity contribution is 6.08. The minimum Gasteiger partial charge on any atom is -0.469 e. The highest BCUT2D eigenvalue weighted by Gasteiger charge is 2.14. The average Bonchev–Trinajstić information content (AvgIpc) is 2.78. The lowest BCUT2D eigenvalue weighted by Crippen LogP contribution is -2.05. The molecular weight excluding hydrogens is 237 g/mol. The van der Waals surface area contributed by atoms with Gasteiger partial charge in [0, 0.05) is 29.1 Å². The molecule has 0 saturated heterocycles. The summed E-state index contributed by atoms with van der Waals surface area (Å²) in [5, 5.41) is 0.532. The number of ether oxygens (including phenoxy) is 1. The van der Waals surface area contributed by atoms with E-state index < -0.39 is 11.8 Å². The van der Waals surface area contributed by atoms with Gasteiger partial charge >= 0.3 is 5.97 Å². The summed E-state index contributed by atoms with van der Waals surface area (Å²) in [4.78, 5) is 25.8. The van der Waals surface area contributed by atoms with Crippen LogP contribution in [0, 0.1) is 5.82 Å². The molecule has 0 spiro atoms. The Morgan fingerprint density at radius 2 is 2.11 bits per heavy atom. The van der Waals surface area contributed by atoms with Crippen LogP contribution in [-0.2, 0) is 9.53 Å². The number of aromatic amines is 1. The Labute approximate surface area is 103 Å². The second-order valence-electron chi connectivity index (χ2n) is 3.89. The number of rotatable bonds is 4. The number of methoxy groups -OCH3 is 1. The summed E-state index contributed by atoms with van der Waals surface area (Å²) in [7, 11) is 1.27.